The van der Waals surface area contributed by atoms with E-state index in [1.807, 2.05) is 56.9 Å². The van der Waals surface area contributed by atoms with Crippen LogP contribution in [0.5, 0.6) is 11.5 Å². The second-order valence-electron chi connectivity index (χ2n) is 9.09. The Bertz CT molecular complexity index is 1000. The van der Waals surface area contributed by atoms with Gasteiger partial charge in [-0.15, -0.1) is 0 Å². The molecule has 1 amide bonds. The largest absolute Gasteiger partial charge is 0.507 e. The molecule has 2 heterocycles. The van der Waals surface area contributed by atoms with Crippen molar-refractivity contribution in [2.75, 3.05) is 36.8 Å². The first kappa shape index (κ1) is 21.3. The molecule has 2 aliphatic heterocycles. The second kappa shape index (κ2) is 7.98. The lowest BCUT2D eigenvalue weighted by Crippen LogP contribution is -2.53. The Morgan fingerprint density at radius 1 is 1.03 bits per heavy atom. The first-order valence-corrected chi connectivity index (χ1v) is 11.1. The molecule has 166 valence electrons. The number of hydrogen-bond donors (Lipinski definition) is 2. The number of carbonyl (C=O) groups is 1. The SMILES string of the molecule is Cc1c(C)c2c(c(C)c1O)CCC(C)(C(=O)N1CCCN(c3ccc(N)cc3)CC1)O2. The van der Waals surface area contributed by atoms with Crippen LogP contribution in [-0.2, 0) is 11.2 Å². The van der Waals surface area contributed by atoms with Crippen LogP contribution in [0.15, 0.2) is 24.3 Å². The maximum Gasteiger partial charge on any atom is 0.266 e. The summed E-state index contributed by atoms with van der Waals surface area (Å²) in [5.74, 6) is 1.17. The average Bonchev–Trinajstić information content (AvgIpc) is 3.02. The molecule has 6 heteroatoms. The maximum absolute atomic E-state index is 13.6. The third-order valence-corrected chi connectivity index (χ3v) is 7.01. The van der Waals surface area contributed by atoms with Crippen LogP contribution in [0.3, 0.4) is 0 Å². The van der Waals surface area contributed by atoms with Crippen molar-refractivity contribution in [1.82, 2.24) is 4.90 Å². The first-order valence-electron chi connectivity index (χ1n) is 11.1. The van der Waals surface area contributed by atoms with Crippen LogP contribution in [0.2, 0.25) is 0 Å². The Kier molecular flexibility index (Phi) is 5.50. The van der Waals surface area contributed by atoms with E-state index in [9.17, 15) is 9.90 Å². The van der Waals surface area contributed by atoms with E-state index in [0.29, 0.717) is 18.7 Å². The number of phenolic OH excluding ortho intramolecular Hbond substituents is 1. The standard InChI is InChI=1S/C25H33N3O3/c1-16-17(2)23-21(18(3)22(16)29)10-11-25(4,31-23)24(30)28-13-5-12-27(14-15-28)20-8-6-19(26)7-9-20/h6-9,29H,5,10-15,26H2,1-4H3. The van der Waals surface area contributed by atoms with Crippen LogP contribution >= 0.6 is 0 Å². The molecule has 1 unspecified atom stereocenters. The van der Waals surface area contributed by atoms with Crippen molar-refractivity contribution in [2.24, 2.45) is 0 Å². The van der Waals surface area contributed by atoms with Crippen LogP contribution in [0.25, 0.3) is 0 Å². The second-order valence-corrected chi connectivity index (χ2v) is 9.09. The maximum atomic E-state index is 13.6. The highest BCUT2D eigenvalue weighted by Gasteiger charge is 2.43. The molecule has 0 aromatic heterocycles. The fraction of sp³-hybridized carbons (Fsp3) is 0.480. The Morgan fingerprint density at radius 3 is 2.45 bits per heavy atom. The lowest BCUT2D eigenvalue weighted by atomic mass is 9.86. The summed E-state index contributed by atoms with van der Waals surface area (Å²) in [5.41, 5.74) is 10.5. The van der Waals surface area contributed by atoms with E-state index in [0.717, 1.165) is 71.9 Å². The van der Waals surface area contributed by atoms with E-state index in [4.69, 9.17) is 10.5 Å². The number of anilines is 2. The summed E-state index contributed by atoms with van der Waals surface area (Å²) in [5, 5.41) is 10.4. The fourth-order valence-corrected chi connectivity index (χ4v) is 4.80. The fourth-order valence-electron chi connectivity index (χ4n) is 4.80. The Hall–Kier alpha value is -2.89. The van der Waals surface area contributed by atoms with E-state index >= 15 is 0 Å². The quantitative estimate of drug-likeness (QED) is 0.720. The highest BCUT2D eigenvalue weighted by molar-refractivity contribution is 5.86. The number of fused-ring (bicyclic) bond motifs is 1. The number of ether oxygens (including phenoxy) is 1. The molecule has 2 aromatic carbocycles. The molecule has 4 rings (SSSR count). The van der Waals surface area contributed by atoms with Gasteiger partial charge >= 0.3 is 0 Å². The van der Waals surface area contributed by atoms with Crippen LogP contribution < -0.4 is 15.4 Å². The van der Waals surface area contributed by atoms with E-state index < -0.39 is 5.60 Å². The zero-order valence-electron chi connectivity index (χ0n) is 19.0. The summed E-state index contributed by atoms with van der Waals surface area (Å²) in [4.78, 5) is 17.9. The highest BCUT2D eigenvalue weighted by atomic mass is 16.5. The minimum Gasteiger partial charge on any atom is -0.507 e. The molecular weight excluding hydrogens is 390 g/mol. The van der Waals surface area contributed by atoms with Gasteiger partial charge in [-0.25, -0.2) is 0 Å². The molecule has 6 nitrogen and oxygen atoms in total. The van der Waals surface area contributed by atoms with Gasteiger partial charge in [0, 0.05) is 49.5 Å². The zero-order chi connectivity index (χ0) is 22.3. The first-order chi connectivity index (χ1) is 14.7. The van der Waals surface area contributed by atoms with Crippen LogP contribution in [0, 0.1) is 20.8 Å². The van der Waals surface area contributed by atoms with Gasteiger partial charge in [0.05, 0.1) is 0 Å². The van der Waals surface area contributed by atoms with Gasteiger partial charge in [-0.3, -0.25) is 4.79 Å². The molecule has 1 saturated heterocycles. The Morgan fingerprint density at radius 2 is 1.74 bits per heavy atom. The van der Waals surface area contributed by atoms with Gasteiger partial charge in [0.2, 0.25) is 0 Å². The predicted molar refractivity (Wildman–Crippen MR) is 124 cm³/mol. The predicted octanol–water partition coefficient (Wildman–Crippen LogP) is 3.72. The van der Waals surface area contributed by atoms with Crippen molar-refractivity contribution >= 4 is 17.3 Å². The molecule has 2 aliphatic rings. The number of carbonyl (C=O) groups excluding carboxylic acids is 1. The van der Waals surface area contributed by atoms with E-state index in [-0.39, 0.29) is 5.91 Å². The van der Waals surface area contributed by atoms with Gasteiger partial charge in [-0.2, -0.15) is 0 Å². The Labute approximate surface area is 184 Å². The minimum absolute atomic E-state index is 0.0556. The number of phenols is 1. The summed E-state index contributed by atoms with van der Waals surface area (Å²) in [7, 11) is 0. The normalized spacial score (nSPS) is 21.3. The molecule has 3 N–H and O–H groups in total. The third kappa shape index (κ3) is 3.80. The number of amides is 1. The van der Waals surface area contributed by atoms with Crippen LogP contribution in [-0.4, -0.2) is 47.7 Å². The van der Waals surface area contributed by atoms with E-state index in [1.54, 1.807) is 0 Å². The molecule has 1 fully saturated rings. The number of nitrogens with two attached hydrogens (primary N) is 1. The minimum atomic E-state index is -0.885. The van der Waals surface area contributed by atoms with E-state index in [2.05, 4.69) is 4.90 Å². The molecule has 0 spiro atoms. The van der Waals surface area contributed by atoms with Gasteiger partial charge in [0.25, 0.3) is 5.91 Å². The zero-order valence-corrected chi connectivity index (χ0v) is 19.0. The van der Waals surface area contributed by atoms with Crippen LogP contribution in [0.4, 0.5) is 11.4 Å². The van der Waals surface area contributed by atoms with Gasteiger partial charge in [-0.05, 0) is 81.5 Å². The molecule has 0 radical (unpaired) electrons. The van der Waals surface area contributed by atoms with Crippen molar-refractivity contribution in [2.45, 2.75) is 52.6 Å². The van der Waals surface area contributed by atoms with Gasteiger partial charge in [-0.1, -0.05) is 0 Å². The van der Waals surface area contributed by atoms with Crippen molar-refractivity contribution in [3.63, 3.8) is 0 Å². The smallest absolute Gasteiger partial charge is 0.266 e. The molecule has 0 aliphatic carbocycles. The lowest BCUT2D eigenvalue weighted by molar-refractivity contribution is -0.148. The number of aromatic hydroxyl groups is 1. The van der Waals surface area contributed by atoms with Crippen LogP contribution in [0.1, 0.15) is 42.0 Å². The molecular formula is C25H33N3O3. The number of benzene rings is 2. The summed E-state index contributed by atoms with van der Waals surface area (Å²) in [6.45, 7) is 10.8. The van der Waals surface area contributed by atoms with Gasteiger partial charge in [0.1, 0.15) is 11.5 Å². The summed E-state index contributed by atoms with van der Waals surface area (Å²) < 4.78 is 6.42. The summed E-state index contributed by atoms with van der Waals surface area (Å²) in [6, 6.07) is 7.92. The van der Waals surface area contributed by atoms with Crippen molar-refractivity contribution in [3.8, 4) is 11.5 Å². The third-order valence-electron chi connectivity index (χ3n) is 7.01. The lowest BCUT2D eigenvalue weighted by Gasteiger charge is -2.39. The topological polar surface area (TPSA) is 79.0 Å². The van der Waals surface area contributed by atoms with Crippen molar-refractivity contribution in [3.05, 3.63) is 46.5 Å². The van der Waals surface area contributed by atoms with Crippen molar-refractivity contribution in [1.29, 1.82) is 0 Å². The Balaban J connectivity index is 1.51. The number of rotatable bonds is 2. The molecule has 2 aromatic rings. The summed E-state index contributed by atoms with van der Waals surface area (Å²) in [6.07, 6.45) is 2.25. The monoisotopic (exact) mass is 423 g/mol. The number of nitrogens with zero attached hydrogens (tertiary/aromatic N) is 2. The van der Waals surface area contributed by atoms with Gasteiger partial charge < -0.3 is 25.4 Å². The average molecular weight is 424 g/mol. The molecule has 31 heavy (non-hydrogen) atoms. The number of nitrogen functional groups attached to an aromatic ring is 1. The molecule has 0 saturated carbocycles. The number of hydrogen-bond acceptors (Lipinski definition) is 5. The summed E-state index contributed by atoms with van der Waals surface area (Å²) >= 11 is 0. The molecule has 1 atom stereocenters. The van der Waals surface area contributed by atoms with Gasteiger partial charge in [0.15, 0.2) is 5.60 Å². The van der Waals surface area contributed by atoms with Crippen molar-refractivity contribution < 1.29 is 14.6 Å². The van der Waals surface area contributed by atoms with E-state index in [1.165, 1.54) is 0 Å². The molecule has 0 bridgehead atoms. The highest BCUT2D eigenvalue weighted by Crippen LogP contribution is 2.43.